The second kappa shape index (κ2) is 7.79. The Morgan fingerprint density at radius 2 is 2.29 bits per heavy atom. The number of carbonyl (C=O) groups excluding carboxylic acids is 1. The summed E-state index contributed by atoms with van der Waals surface area (Å²) in [7, 11) is 0. The summed E-state index contributed by atoms with van der Waals surface area (Å²) in [6.07, 6.45) is 2.37. The summed E-state index contributed by atoms with van der Waals surface area (Å²) in [4.78, 5) is 14.5. The fourth-order valence-corrected chi connectivity index (χ4v) is 2.94. The van der Waals surface area contributed by atoms with E-state index in [1.165, 1.54) is 0 Å². The second-order valence-electron chi connectivity index (χ2n) is 7.14. The molecule has 24 heavy (non-hydrogen) atoms. The van der Waals surface area contributed by atoms with E-state index >= 15 is 0 Å². The Kier molecular flexibility index (Phi) is 5.99. The number of rotatable bonds is 6. The molecule has 1 aromatic rings. The summed E-state index contributed by atoms with van der Waals surface area (Å²) < 4.78 is 18.4. The van der Waals surface area contributed by atoms with Gasteiger partial charge in [-0.25, -0.2) is 9.18 Å². The molecule has 0 aliphatic carbocycles. The predicted octanol–water partition coefficient (Wildman–Crippen LogP) is 3.98. The number of ether oxygens (including phenoxy) is 1. The third-order valence-electron chi connectivity index (χ3n) is 4.07. The number of benzene rings is 1. The zero-order valence-electron chi connectivity index (χ0n) is 14.7. The fourth-order valence-electron chi connectivity index (χ4n) is 2.94. The zero-order valence-corrected chi connectivity index (χ0v) is 14.7. The maximum atomic E-state index is 13.0. The normalized spacial score (nSPS) is 19.2. The number of hydrogen-bond acceptors (Lipinski definition) is 3. The van der Waals surface area contributed by atoms with E-state index in [2.05, 4.69) is 16.8 Å². The van der Waals surface area contributed by atoms with Gasteiger partial charge in [0.15, 0.2) is 0 Å². The molecule has 0 aromatic heterocycles. The molecule has 0 spiro atoms. The van der Waals surface area contributed by atoms with E-state index in [9.17, 15) is 9.18 Å². The third kappa shape index (κ3) is 4.81. The highest BCUT2D eigenvalue weighted by Crippen LogP contribution is 2.31. The van der Waals surface area contributed by atoms with Gasteiger partial charge in [0.25, 0.3) is 0 Å². The molecule has 0 bridgehead atoms. The Morgan fingerprint density at radius 1 is 1.54 bits per heavy atom. The molecule has 0 saturated carbocycles. The molecule has 132 valence electrons. The molecule has 1 saturated heterocycles. The SMILES string of the molecule is C=CCN1CC[C@H]1[C@@H](NC(=O)OC(C)(C)C)c1cccc(CF)c1. The van der Waals surface area contributed by atoms with Gasteiger partial charge in [0.2, 0.25) is 0 Å². The number of hydrogen-bond donors (Lipinski definition) is 1. The summed E-state index contributed by atoms with van der Waals surface area (Å²) in [5.41, 5.74) is 0.948. The maximum absolute atomic E-state index is 13.0. The lowest BCUT2D eigenvalue weighted by Crippen LogP contribution is -2.55. The minimum Gasteiger partial charge on any atom is -0.444 e. The molecule has 2 atom stereocenters. The monoisotopic (exact) mass is 334 g/mol. The van der Waals surface area contributed by atoms with Gasteiger partial charge in [-0.05, 0) is 38.3 Å². The van der Waals surface area contributed by atoms with Crippen molar-refractivity contribution in [2.24, 2.45) is 0 Å². The van der Waals surface area contributed by atoms with Gasteiger partial charge in [-0.1, -0.05) is 30.3 Å². The molecule has 0 radical (unpaired) electrons. The molecule has 1 N–H and O–H groups in total. The number of alkyl halides is 1. The van der Waals surface area contributed by atoms with Gasteiger partial charge in [0, 0.05) is 19.1 Å². The van der Waals surface area contributed by atoms with Crippen LogP contribution in [0.2, 0.25) is 0 Å². The van der Waals surface area contributed by atoms with Crippen LogP contribution in [0.4, 0.5) is 9.18 Å². The van der Waals surface area contributed by atoms with E-state index in [0.29, 0.717) is 5.56 Å². The Balaban J connectivity index is 2.21. The van der Waals surface area contributed by atoms with Crippen molar-refractivity contribution in [3.8, 4) is 0 Å². The van der Waals surface area contributed by atoms with E-state index in [1.807, 2.05) is 45.0 Å². The lowest BCUT2D eigenvalue weighted by Gasteiger charge is -2.45. The highest BCUT2D eigenvalue weighted by atomic mass is 19.1. The maximum Gasteiger partial charge on any atom is 0.408 e. The quantitative estimate of drug-likeness (QED) is 0.800. The van der Waals surface area contributed by atoms with E-state index in [1.54, 1.807) is 6.07 Å². The van der Waals surface area contributed by atoms with Crippen LogP contribution in [-0.2, 0) is 11.4 Å². The minimum absolute atomic E-state index is 0.158. The Hall–Kier alpha value is -1.88. The Bertz CT molecular complexity index is 583. The molecule has 1 aromatic carbocycles. The number of halogens is 1. The first-order valence-electron chi connectivity index (χ1n) is 8.33. The lowest BCUT2D eigenvalue weighted by atomic mass is 9.89. The average Bonchev–Trinajstić information content (AvgIpc) is 2.49. The first kappa shape index (κ1) is 18.5. The van der Waals surface area contributed by atoms with Gasteiger partial charge in [-0.15, -0.1) is 6.58 Å². The fraction of sp³-hybridized carbons (Fsp3) is 0.526. The first-order valence-corrected chi connectivity index (χ1v) is 8.33. The largest absolute Gasteiger partial charge is 0.444 e. The number of alkyl carbamates (subject to hydrolysis) is 1. The van der Waals surface area contributed by atoms with Crippen molar-refractivity contribution in [3.05, 3.63) is 48.0 Å². The molecule has 2 rings (SSSR count). The Morgan fingerprint density at radius 3 is 2.83 bits per heavy atom. The predicted molar refractivity (Wildman–Crippen MR) is 93.5 cm³/mol. The topological polar surface area (TPSA) is 41.6 Å². The van der Waals surface area contributed by atoms with Crippen LogP contribution in [0.5, 0.6) is 0 Å². The summed E-state index contributed by atoms with van der Waals surface area (Å²) in [5, 5.41) is 2.97. The molecule has 1 fully saturated rings. The van der Waals surface area contributed by atoms with Crippen LogP contribution >= 0.6 is 0 Å². The standard InChI is InChI=1S/C19H27FN2O2/c1-5-10-22-11-9-16(22)17(21-18(23)24-19(2,3)4)15-8-6-7-14(12-15)13-20/h5-8,12,16-17H,1,9-11,13H2,2-4H3,(H,21,23)/t16-,17-/m0/s1. The number of nitrogens with zero attached hydrogens (tertiary/aromatic N) is 1. The van der Waals surface area contributed by atoms with Crippen LogP contribution in [0.15, 0.2) is 36.9 Å². The van der Waals surface area contributed by atoms with Crippen molar-refractivity contribution < 1.29 is 13.9 Å². The molecular weight excluding hydrogens is 307 g/mol. The van der Waals surface area contributed by atoms with Gasteiger partial charge in [-0.2, -0.15) is 0 Å². The smallest absolute Gasteiger partial charge is 0.408 e. The lowest BCUT2D eigenvalue weighted by molar-refractivity contribution is 0.0347. The van der Waals surface area contributed by atoms with E-state index in [0.717, 1.165) is 25.1 Å². The van der Waals surface area contributed by atoms with Crippen molar-refractivity contribution in [1.82, 2.24) is 10.2 Å². The minimum atomic E-state index is -0.560. The van der Waals surface area contributed by atoms with Crippen LogP contribution in [0.3, 0.4) is 0 Å². The van der Waals surface area contributed by atoms with Crippen LogP contribution < -0.4 is 5.32 Å². The van der Waals surface area contributed by atoms with Gasteiger partial charge in [0.05, 0.1) is 6.04 Å². The zero-order chi connectivity index (χ0) is 17.7. The van der Waals surface area contributed by atoms with E-state index in [-0.39, 0.29) is 12.1 Å². The average molecular weight is 334 g/mol. The molecule has 1 heterocycles. The van der Waals surface area contributed by atoms with Gasteiger partial charge >= 0.3 is 6.09 Å². The van der Waals surface area contributed by atoms with Crippen LogP contribution in [0.25, 0.3) is 0 Å². The number of carbonyl (C=O) groups is 1. The summed E-state index contributed by atoms with van der Waals surface area (Å²) in [5.74, 6) is 0. The summed E-state index contributed by atoms with van der Waals surface area (Å²) >= 11 is 0. The molecular formula is C19H27FN2O2. The van der Waals surface area contributed by atoms with Crippen molar-refractivity contribution in [3.63, 3.8) is 0 Å². The van der Waals surface area contributed by atoms with Crippen LogP contribution in [0, 0.1) is 0 Å². The summed E-state index contributed by atoms with van der Waals surface area (Å²) in [6, 6.07) is 7.23. The van der Waals surface area contributed by atoms with Crippen molar-refractivity contribution in [1.29, 1.82) is 0 Å². The van der Waals surface area contributed by atoms with Crippen LogP contribution in [-0.4, -0.2) is 35.7 Å². The van der Waals surface area contributed by atoms with E-state index < -0.39 is 18.4 Å². The molecule has 4 nitrogen and oxygen atoms in total. The van der Waals surface area contributed by atoms with Crippen molar-refractivity contribution in [2.75, 3.05) is 13.1 Å². The van der Waals surface area contributed by atoms with Gasteiger partial charge < -0.3 is 10.1 Å². The molecule has 1 aliphatic heterocycles. The molecule has 0 unspecified atom stereocenters. The molecule has 1 aliphatic rings. The number of likely N-dealkylation sites (tertiary alicyclic amines) is 1. The van der Waals surface area contributed by atoms with Crippen molar-refractivity contribution in [2.45, 2.75) is 51.6 Å². The number of nitrogens with one attached hydrogen (secondary N) is 1. The Labute approximate surface area is 143 Å². The van der Waals surface area contributed by atoms with E-state index in [4.69, 9.17) is 4.74 Å². The highest BCUT2D eigenvalue weighted by molar-refractivity contribution is 5.68. The summed E-state index contributed by atoms with van der Waals surface area (Å²) in [6.45, 7) is 10.5. The third-order valence-corrected chi connectivity index (χ3v) is 4.07. The molecule has 5 heteroatoms. The van der Waals surface area contributed by atoms with Crippen molar-refractivity contribution >= 4 is 6.09 Å². The van der Waals surface area contributed by atoms with Crippen LogP contribution in [0.1, 0.15) is 44.4 Å². The number of amides is 1. The first-order chi connectivity index (χ1) is 11.3. The second-order valence-corrected chi connectivity index (χ2v) is 7.14. The van der Waals surface area contributed by atoms with Gasteiger partial charge in [-0.3, -0.25) is 4.90 Å². The molecule has 1 amide bonds. The van der Waals surface area contributed by atoms with Gasteiger partial charge in [0.1, 0.15) is 12.3 Å². The highest BCUT2D eigenvalue weighted by Gasteiger charge is 2.36.